The monoisotopic (exact) mass is 298 g/mol. The number of para-hydroxylation sites is 1. The van der Waals surface area contributed by atoms with E-state index in [4.69, 9.17) is 5.73 Å². The molecule has 1 aromatic carbocycles. The number of aromatic nitrogens is 1. The number of anilines is 3. The zero-order valence-electron chi connectivity index (χ0n) is 13.1. The molecule has 0 spiro atoms. The lowest BCUT2D eigenvalue weighted by Crippen LogP contribution is -2.24. The maximum Gasteiger partial charge on any atom is 0.152 e. The first-order chi connectivity index (χ1) is 10.6. The van der Waals surface area contributed by atoms with Crippen LogP contribution in [-0.2, 0) is 0 Å². The van der Waals surface area contributed by atoms with E-state index in [0.29, 0.717) is 11.3 Å². The third kappa shape index (κ3) is 3.83. The van der Waals surface area contributed by atoms with E-state index in [0.717, 1.165) is 37.2 Å². The predicted octanol–water partition coefficient (Wildman–Crippen LogP) is 2.57. The number of benzene rings is 1. The Bertz CT molecular complexity index is 628. The first-order valence-electron chi connectivity index (χ1n) is 7.29. The molecule has 2 rings (SSSR count). The first kappa shape index (κ1) is 16.0. The number of hydrogen-bond donors (Lipinski definition) is 1. The molecule has 0 unspecified atom stereocenters. The van der Waals surface area contributed by atoms with Gasteiger partial charge < -0.3 is 15.5 Å². The first-order valence-corrected chi connectivity index (χ1v) is 7.29. The molecule has 0 saturated heterocycles. The van der Waals surface area contributed by atoms with Crippen molar-refractivity contribution >= 4 is 23.3 Å². The average Bonchev–Trinajstić information content (AvgIpc) is 2.52. The van der Waals surface area contributed by atoms with Crippen LogP contribution in [0.15, 0.2) is 42.7 Å². The molecule has 0 fully saturated rings. The molecule has 22 heavy (non-hydrogen) atoms. The van der Waals surface area contributed by atoms with Crippen molar-refractivity contribution in [2.45, 2.75) is 6.42 Å². The predicted molar refractivity (Wildman–Crippen MR) is 90.7 cm³/mol. The molecule has 1 heterocycles. The molecule has 0 radical (unpaired) electrons. The molecule has 2 aromatic rings. The van der Waals surface area contributed by atoms with Crippen LogP contribution in [0, 0.1) is 0 Å². The minimum atomic E-state index is 0.605. The fourth-order valence-electron chi connectivity index (χ4n) is 2.39. The zero-order valence-corrected chi connectivity index (χ0v) is 13.1. The van der Waals surface area contributed by atoms with E-state index in [1.165, 1.54) is 0 Å². The van der Waals surface area contributed by atoms with E-state index in [1.807, 2.05) is 44.4 Å². The highest BCUT2D eigenvalue weighted by Gasteiger charge is 2.15. The van der Waals surface area contributed by atoms with E-state index in [9.17, 15) is 4.79 Å². The Balaban J connectivity index is 2.37. The smallest absolute Gasteiger partial charge is 0.152 e. The summed E-state index contributed by atoms with van der Waals surface area (Å²) in [5.74, 6) is 0. The van der Waals surface area contributed by atoms with Gasteiger partial charge in [0.1, 0.15) is 0 Å². The number of nitrogens with zero attached hydrogens (tertiary/aromatic N) is 3. The number of carbonyl (C=O) groups excluding carboxylic acids is 1. The fourth-order valence-corrected chi connectivity index (χ4v) is 2.39. The quantitative estimate of drug-likeness (QED) is 0.796. The molecular formula is C17H22N4O. The molecule has 0 atom stereocenters. The Morgan fingerprint density at radius 2 is 1.91 bits per heavy atom. The summed E-state index contributed by atoms with van der Waals surface area (Å²) in [7, 11) is 4.09. The lowest BCUT2D eigenvalue weighted by Gasteiger charge is -2.27. The largest absolute Gasteiger partial charge is 0.396 e. The Hall–Kier alpha value is -2.40. The normalized spacial score (nSPS) is 10.7. The Morgan fingerprint density at radius 1 is 1.14 bits per heavy atom. The summed E-state index contributed by atoms with van der Waals surface area (Å²) in [5, 5.41) is 0. The summed E-state index contributed by atoms with van der Waals surface area (Å²) >= 11 is 0. The van der Waals surface area contributed by atoms with E-state index < -0.39 is 0 Å². The van der Waals surface area contributed by atoms with Crippen molar-refractivity contribution in [3.63, 3.8) is 0 Å². The molecule has 5 nitrogen and oxygen atoms in total. The fraction of sp³-hybridized carbons (Fsp3) is 0.294. The Morgan fingerprint density at radius 3 is 2.59 bits per heavy atom. The standard InChI is InChI=1S/C17H22N4O/c1-20(2)10-5-11-21(17-8-9-19-12-15(17)18)16-7-4-3-6-14(16)13-22/h3-4,6-9,12-13H,5,10-11,18H2,1-2H3. The second-order valence-corrected chi connectivity index (χ2v) is 5.42. The minimum absolute atomic E-state index is 0.605. The van der Waals surface area contributed by atoms with Crippen LogP contribution >= 0.6 is 0 Å². The highest BCUT2D eigenvalue weighted by atomic mass is 16.1. The number of pyridine rings is 1. The van der Waals surface area contributed by atoms with Crippen LogP contribution in [-0.4, -0.2) is 43.4 Å². The topological polar surface area (TPSA) is 62.5 Å². The van der Waals surface area contributed by atoms with Gasteiger partial charge in [-0.25, -0.2) is 0 Å². The summed E-state index contributed by atoms with van der Waals surface area (Å²) in [5.41, 5.74) is 9.09. The van der Waals surface area contributed by atoms with Crippen molar-refractivity contribution in [1.29, 1.82) is 0 Å². The van der Waals surface area contributed by atoms with Crippen molar-refractivity contribution in [3.05, 3.63) is 48.3 Å². The summed E-state index contributed by atoms with van der Waals surface area (Å²) in [6.45, 7) is 1.74. The summed E-state index contributed by atoms with van der Waals surface area (Å²) in [6, 6.07) is 9.43. The molecule has 5 heteroatoms. The van der Waals surface area contributed by atoms with Crippen molar-refractivity contribution in [3.8, 4) is 0 Å². The SMILES string of the molecule is CN(C)CCCN(c1ccncc1N)c1ccccc1C=O. The summed E-state index contributed by atoms with van der Waals surface area (Å²) in [6.07, 6.45) is 5.19. The lowest BCUT2D eigenvalue weighted by molar-refractivity contribution is 0.112. The maximum absolute atomic E-state index is 11.4. The third-order valence-corrected chi connectivity index (χ3v) is 3.46. The highest BCUT2D eigenvalue weighted by Crippen LogP contribution is 2.31. The van der Waals surface area contributed by atoms with Gasteiger partial charge in [-0.05, 0) is 45.3 Å². The van der Waals surface area contributed by atoms with Crippen molar-refractivity contribution in [2.75, 3.05) is 37.8 Å². The van der Waals surface area contributed by atoms with Gasteiger partial charge in [0, 0.05) is 18.3 Å². The van der Waals surface area contributed by atoms with Crippen LogP contribution in [0.1, 0.15) is 16.8 Å². The number of carbonyl (C=O) groups is 1. The van der Waals surface area contributed by atoms with Crippen molar-refractivity contribution in [1.82, 2.24) is 9.88 Å². The van der Waals surface area contributed by atoms with Gasteiger partial charge in [0.2, 0.25) is 0 Å². The molecule has 0 saturated carbocycles. The summed E-state index contributed by atoms with van der Waals surface area (Å²) in [4.78, 5) is 19.6. The van der Waals surface area contributed by atoms with Gasteiger partial charge in [-0.1, -0.05) is 12.1 Å². The van der Waals surface area contributed by atoms with Gasteiger partial charge >= 0.3 is 0 Å². The molecule has 0 bridgehead atoms. The number of aldehydes is 1. The van der Waals surface area contributed by atoms with Crippen molar-refractivity contribution < 1.29 is 4.79 Å². The molecule has 2 N–H and O–H groups in total. The molecule has 0 amide bonds. The number of rotatable bonds is 7. The second kappa shape index (κ2) is 7.56. The van der Waals surface area contributed by atoms with Gasteiger partial charge in [0.15, 0.2) is 6.29 Å². The van der Waals surface area contributed by atoms with Crippen LogP contribution in [0.25, 0.3) is 0 Å². The number of nitrogens with two attached hydrogens (primary N) is 1. The van der Waals surface area contributed by atoms with E-state index >= 15 is 0 Å². The average molecular weight is 298 g/mol. The maximum atomic E-state index is 11.4. The van der Waals surface area contributed by atoms with Crippen molar-refractivity contribution in [2.24, 2.45) is 0 Å². The molecule has 0 aliphatic heterocycles. The van der Waals surface area contributed by atoms with Crippen LogP contribution in [0.5, 0.6) is 0 Å². The Kier molecular flexibility index (Phi) is 5.49. The van der Waals surface area contributed by atoms with Gasteiger partial charge in [0.25, 0.3) is 0 Å². The minimum Gasteiger partial charge on any atom is -0.396 e. The van der Waals surface area contributed by atoms with Gasteiger partial charge in [-0.2, -0.15) is 0 Å². The molecule has 1 aromatic heterocycles. The van der Waals surface area contributed by atoms with E-state index in [-0.39, 0.29) is 0 Å². The number of nitrogen functional groups attached to an aromatic ring is 1. The van der Waals surface area contributed by atoms with E-state index in [2.05, 4.69) is 14.8 Å². The molecular weight excluding hydrogens is 276 g/mol. The summed E-state index contributed by atoms with van der Waals surface area (Å²) < 4.78 is 0. The van der Waals surface area contributed by atoms with Crippen LogP contribution in [0.3, 0.4) is 0 Å². The number of hydrogen-bond acceptors (Lipinski definition) is 5. The van der Waals surface area contributed by atoms with E-state index in [1.54, 1.807) is 12.4 Å². The zero-order chi connectivity index (χ0) is 15.9. The van der Waals surface area contributed by atoms with Crippen LogP contribution in [0.2, 0.25) is 0 Å². The highest BCUT2D eigenvalue weighted by molar-refractivity contribution is 5.88. The lowest BCUT2D eigenvalue weighted by atomic mass is 10.1. The van der Waals surface area contributed by atoms with Crippen LogP contribution in [0.4, 0.5) is 17.1 Å². The Labute approximate surface area is 131 Å². The third-order valence-electron chi connectivity index (χ3n) is 3.46. The van der Waals surface area contributed by atoms with Gasteiger partial charge in [0.05, 0.1) is 23.3 Å². The van der Waals surface area contributed by atoms with Gasteiger partial charge in [-0.15, -0.1) is 0 Å². The molecule has 0 aliphatic carbocycles. The second-order valence-electron chi connectivity index (χ2n) is 5.42. The van der Waals surface area contributed by atoms with Gasteiger partial charge in [-0.3, -0.25) is 9.78 Å². The molecule has 0 aliphatic rings. The van der Waals surface area contributed by atoms with Crippen LogP contribution < -0.4 is 10.6 Å². The molecule has 116 valence electrons.